The van der Waals surface area contributed by atoms with Crippen molar-refractivity contribution in [1.29, 1.82) is 0 Å². The van der Waals surface area contributed by atoms with Crippen LogP contribution in [-0.2, 0) is 54.1 Å². The van der Waals surface area contributed by atoms with E-state index < -0.39 is 0 Å². The van der Waals surface area contributed by atoms with Gasteiger partial charge in [-0.25, -0.2) is 0 Å². The lowest BCUT2D eigenvalue weighted by atomic mass is 9.33. The Hall–Kier alpha value is -9.81. The minimum Gasteiger partial charge on any atom is -0.311 e. The van der Waals surface area contributed by atoms with Gasteiger partial charge in [0.1, 0.15) is 0 Å². The molecule has 0 aliphatic carbocycles. The van der Waals surface area contributed by atoms with Gasteiger partial charge in [0.2, 0.25) is 0 Å². The minimum atomic E-state index is -0.0441. The van der Waals surface area contributed by atoms with E-state index >= 15 is 0 Å². The molecule has 0 atom stereocenters. The summed E-state index contributed by atoms with van der Waals surface area (Å²) >= 11 is 7.97. The number of fused-ring (bicyclic) bond motifs is 4. The van der Waals surface area contributed by atoms with Crippen LogP contribution in [-0.4, -0.2) is 6.71 Å². The minimum absolute atomic E-state index is 0. The third-order valence-corrected chi connectivity index (χ3v) is 25.3. The zero-order chi connectivity index (χ0) is 87.6. The molecule has 4 nitrogen and oxygen atoms in total. The second-order valence-corrected chi connectivity index (χ2v) is 45.3. The van der Waals surface area contributed by atoms with Crippen molar-refractivity contribution in [2.75, 3.05) is 19.6 Å². The van der Waals surface area contributed by atoms with Crippen LogP contribution in [0.2, 0.25) is 5.02 Å². The normalized spacial score (nSPS) is 13.4. The molecule has 0 N–H and O–H groups in total. The van der Waals surface area contributed by atoms with Crippen molar-refractivity contribution in [1.82, 2.24) is 0 Å². The van der Waals surface area contributed by atoms with Crippen LogP contribution in [0.4, 0.5) is 68.2 Å². The molecule has 2 aliphatic rings. The lowest BCUT2D eigenvalue weighted by molar-refractivity contribution is 0.589. The van der Waals surface area contributed by atoms with Crippen LogP contribution in [0.3, 0.4) is 0 Å². The van der Waals surface area contributed by atoms with Gasteiger partial charge in [0.05, 0.1) is 27.8 Å². The summed E-state index contributed by atoms with van der Waals surface area (Å²) in [6.45, 7) is 73.4. The van der Waals surface area contributed by atoms with E-state index in [4.69, 9.17) is 11.6 Å². The van der Waals surface area contributed by atoms with Crippen LogP contribution in [0.15, 0.2) is 243 Å². The molecule has 2 heterocycles. The highest BCUT2D eigenvalue weighted by molar-refractivity contribution is 7.00. The van der Waals surface area contributed by atoms with Gasteiger partial charge in [0.15, 0.2) is 0 Å². The molecule has 2 aliphatic heterocycles. The van der Waals surface area contributed by atoms with Gasteiger partial charge in [-0.2, -0.15) is 0 Å². The maximum atomic E-state index is 7.97. The number of nitrogens with zero attached hydrogens (tertiary/aromatic N) is 4. The molecule has 0 unspecified atom stereocenters. The van der Waals surface area contributed by atoms with Gasteiger partial charge >= 0.3 is 0 Å². The Bertz CT molecular complexity index is 5700. The molecular weight excluding hydrogens is 1480 g/mol. The zero-order valence-electron chi connectivity index (χ0n) is 78.8. The molecule has 12 aromatic rings. The van der Waals surface area contributed by atoms with Gasteiger partial charge in [-0.05, 0) is 271 Å². The van der Waals surface area contributed by atoms with E-state index in [-0.39, 0.29) is 69.7 Å². The first-order valence-electron chi connectivity index (χ1n) is 43.9. The predicted octanol–water partition coefficient (Wildman–Crippen LogP) is 32.9. The van der Waals surface area contributed by atoms with E-state index in [9.17, 15) is 0 Å². The second-order valence-electron chi connectivity index (χ2n) is 45.0. The van der Waals surface area contributed by atoms with Gasteiger partial charge in [0.25, 0.3) is 6.71 Å². The van der Waals surface area contributed by atoms with Crippen LogP contribution in [0.5, 0.6) is 0 Å². The third-order valence-electron chi connectivity index (χ3n) is 24.9. The smallest absolute Gasteiger partial charge is 0.252 e. The first-order chi connectivity index (χ1) is 55.5. The highest BCUT2D eigenvalue weighted by Gasteiger charge is 2.45. The SMILES string of the molecule is C.Cc1cc(N(c2ccc(C(C)(C)C)cc2)c2ccc(C(C)(C)C)cc2)c(Cl)c(N(c2ccc(C(C)(C)C)cc2)c2ccc(C(C)(C)C)cc2-c2ccc(C(C)(C)C)cc2)c1.Cc1cc2c3c(c1)N(c1ccc(C(C)(C)C)cc1-c1ccc(C(C)(C)C)cc1)c1ccc(C(C)(C)C)cc1B3c1cc(C(C)(C)C)ccc1N2c1ccc(C(C)(C)C)cc1.[3HH]. The molecule has 0 saturated heterocycles. The zero-order valence-corrected chi connectivity index (χ0v) is 79.6. The topological polar surface area (TPSA) is 13.0 Å². The molecule has 12 aromatic carbocycles. The van der Waals surface area contributed by atoms with E-state index in [1.165, 1.54) is 128 Å². The van der Waals surface area contributed by atoms with E-state index in [1.54, 1.807) is 0 Å². The summed E-state index contributed by atoms with van der Waals surface area (Å²) < 4.78 is 0. The van der Waals surface area contributed by atoms with E-state index in [0.29, 0.717) is 5.02 Å². The number of hydrogen-bond acceptors (Lipinski definition) is 4. The standard InChI is InChI=1S/C57H67BN2.C57H69ClN2.CH4.H2/c1-36-31-50-52-51(32-36)60(47-28-23-40(55(8,9)10)33-44(47)37-17-19-38(20-18-37)53(2,3)4)49-30-25-42(57(14,15)16)35-46(49)58(52)45-34-41(56(11,12)13)24-29-48(45)59(50)43-26-21-39(22-27-43)54(5,6)7;1-38-35-50(59(45-28-21-41(22-29-45)54(5,6)7)46-30-23-42(24-31-46)55(8,9)10)52(58)51(36-38)60(47-32-25-43(26-33-47)56(11,12)13)49-34-27-44(57(14,15)16)37-48(49)39-17-19-40(20-18-39)53(2,3)4;;/h17-35H,1-16H3;17-37H,1-16H3;1H4;1H/i;;;1+2. The Kier molecular flexibility index (Phi) is 24.3. The highest BCUT2D eigenvalue weighted by Crippen LogP contribution is 2.53. The van der Waals surface area contributed by atoms with Gasteiger partial charge in [-0.1, -0.05) is 360 Å². The van der Waals surface area contributed by atoms with Gasteiger partial charge in [-0.3, -0.25) is 0 Å². The maximum Gasteiger partial charge on any atom is 0.252 e. The number of rotatable bonds is 10. The van der Waals surface area contributed by atoms with E-state index in [2.05, 4.69) is 484 Å². The van der Waals surface area contributed by atoms with Crippen molar-refractivity contribution in [3.8, 4) is 22.3 Å². The number of aryl methyl sites for hydroxylation is 2. The van der Waals surface area contributed by atoms with E-state index in [0.717, 1.165) is 45.3 Å². The van der Waals surface area contributed by atoms with Crippen molar-refractivity contribution in [2.45, 2.75) is 283 Å². The van der Waals surface area contributed by atoms with Crippen molar-refractivity contribution < 1.29 is 1.43 Å². The predicted molar refractivity (Wildman–Crippen MR) is 537 cm³/mol. The number of anilines is 12. The van der Waals surface area contributed by atoms with Gasteiger partial charge < -0.3 is 19.6 Å². The number of halogens is 1. The summed E-state index contributed by atoms with van der Waals surface area (Å²) in [5.41, 5.74) is 38.2. The van der Waals surface area contributed by atoms with E-state index in [1.807, 2.05) is 0 Å². The van der Waals surface area contributed by atoms with Crippen LogP contribution in [0.25, 0.3) is 22.3 Å². The summed E-state index contributed by atoms with van der Waals surface area (Å²) in [4.78, 5) is 9.88. The molecule has 0 saturated carbocycles. The fourth-order valence-corrected chi connectivity index (χ4v) is 17.4. The molecule has 6 heteroatoms. The molecular formula is C115H142BClN4. The van der Waals surface area contributed by atoms with Crippen molar-refractivity contribution in [3.05, 3.63) is 314 Å². The van der Waals surface area contributed by atoms with Crippen molar-refractivity contribution in [2.24, 2.45) is 0 Å². The molecule has 0 aromatic heterocycles. The van der Waals surface area contributed by atoms with Crippen LogP contribution >= 0.6 is 11.6 Å². The van der Waals surface area contributed by atoms with Crippen molar-refractivity contribution >= 4 is 103 Å². The average Bonchev–Trinajstić information content (AvgIpc) is 0.692. The summed E-state index contributed by atoms with van der Waals surface area (Å²) in [7, 11) is 0. The van der Waals surface area contributed by atoms with Crippen LogP contribution in [0, 0.1) is 13.8 Å². The summed E-state index contributed by atoms with van der Waals surface area (Å²) in [5, 5.41) is 0.675. The lowest BCUT2D eigenvalue weighted by Gasteiger charge is -2.45. The molecule has 14 rings (SSSR count). The monoisotopic (exact) mass is 1630 g/mol. The second kappa shape index (κ2) is 32.5. The fourth-order valence-electron chi connectivity index (χ4n) is 17.1. The first kappa shape index (κ1) is 90.4. The molecule has 0 spiro atoms. The number of hydrogen-bond donors (Lipinski definition) is 0. The van der Waals surface area contributed by atoms with Gasteiger partial charge in [0, 0.05) is 58.1 Å². The van der Waals surface area contributed by atoms with Crippen molar-refractivity contribution in [3.63, 3.8) is 0 Å². The largest absolute Gasteiger partial charge is 0.311 e. The van der Waals surface area contributed by atoms with Crippen LogP contribution < -0.4 is 36.0 Å². The Morgan fingerprint density at radius 2 is 0.512 bits per heavy atom. The molecule has 0 radical (unpaired) electrons. The molecule has 632 valence electrons. The molecule has 0 amide bonds. The fraction of sp³-hybridized carbons (Fsp3) is 0.374. The quantitative estimate of drug-likeness (QED) is 0.127. The number of benzene rings is 12. The average molecular weight is 1630 g/mol. The molecule has 121 heavy (non-hydrogen) atoms. The first-order valence-corrected chi connectivity index (χ1v) is 44.3. The molecule has 0 fully saturated rings. The summed E-state index contributed by atoms with van der Waals surface area (Å²) in [6, 6.07) is 93.2. The lowest BCUT2D eigenvalue weighted by Crippen LogP contribution is -2.61. The molecule has 0 bridgehead atoms. The van der Waals surface area contributed by atoms with Gasteiger partial charge in [-0.15, -0.1) is 0 Å². The Morgan fingerprint density at radius 3 is 0.876 bits per heavy atom. The van der Waals surface area contributed by atoms with Crippen LogP contribution in [0.1, 0.15) is 283 Å². The third kappa shape index (κ3) is 18.8. The highest BCUT2D eigenvalue weighted by atomic mass is 35.5. The maximum absolute atomic E-state index is 7.97. The summed E-state index contributed by atoms with van der Waals surface area (Å²) in [5.74, 6) is 0. The Balaban J connectivity index is 0.000000234. The summed E-state index contributed by atoms with van der Waals surface area (Å²) in [6.07, 6.45) is 0. The Labute approximate surface area is 738 Å². The Morgan fingerprint density at radius 1 is 0.248 bits per heavy atom.